The van der Waals surface area contributed by atoms with Crippen molar-refractivity contribution in [2.45, 2.75) is 12.5 Å². The molecule has 0 aliphatic rings. The lowest BCUT2D eigenvalue weighted by Gasteiger charge is -2.17. The van der Waals surface area contributed by atoms with E-state index in [4.69, 9.17) is 13.9 Å². The second-order valence-corrected chi connectivity index (χ2v) is 4.29. The summed E-state index contributed by atoms with van der Waals surface area (Å²) in [5.74, 6) is 1.48. The fourth-order valence-electron chi connectivity index (χ4n) is 2.10. The molecule has 0 amide bonds. The molecule has 0 saturated carbocycles. The van der Waals surface area contributed by atoms with Gasteiger partial charge in [0.2, 0.25) is 0 Å². The van der Waals surface area contributed by atoms with Crippen LogP contribution in [0.4, 0.5) is 0 Å². The third-order valence-electron chi connectivity index (χ3n) is 3.18. The number of benzene rings is 1. The summed E-state index contributed by atoms with van der Waals surface area (Å²) < 4.78 is 15.7. The highest BCUT2D eigenvalue weighted by Gasteiger charge is 2.13. The van der Waals surface area contributed by atoms with Gasteiger partial charge in [0.1, 0.15) is 0 Å². The Labute approximate surface area is 113 Å². The molecule has 1 atom stereocenters. The van der Waals surface area contributed by atoms with Crippen LogP contribution in [0.25, 0.3) is 0 Å². The van der Waals surface area contributed by atoms with Crippen LogP contribution in [-0.4, -0.2) is 21.3 Å². The summed E-state index contributed by atoms with van der Waals surface area (Å²) in [5, 5.41) is 3.31. The molecule has 4 nitrogen and oxygen atoms in total. The number of furan rings is 1. The summed E-state index contributed by atoms with van der Waals surface area (Å²) in [4.78, 5) is 0. The van der Waals surface area contributed by atoms with E-state index >= 15 is 0 Å². The van der Waals surface area contributed by atoms with Crippen molar-refractivity contribution in [3.8, 4) is 11.5 Å². The number of nitrogens with one attached hydrogen (secondary N) is 1. The summed E-state index contributed by atoms with van der Waals surface area (Å²) in [7, 11) is 5.23. The van der Waals surface area contributed by atoms with Gasteiger partial charge in [0.15, 0.2) is 11.5 Å². The molecule has 2 rings (SSSR count). The summed E-state index contributed by atoms with van der Waals surface area (Å²) >= 11 is 0. The molecule has 0 bridgehead atoms. The first-order valence-corrected chi connectivity index (χ1v) is 6.18. The monoisotopic (exact) mass is 261 g/mol. The fraction of sp³-hybridized carbons (Fsp3) is 0.333. The number of ether oxygens (including phenoxy) is 2. The minimum atomic E-state index is 0.206. The third kappa shape index (κ3) is 3.09. The molecule has 19 heavy (non-hydrogen) atoms. The summed E-state index contributed by atoms with van der Waals surface area (Å²) in [6.07, 6.45) is 4.32. The Balaban J connectivity index is 2.23. The van der Waals surface area contributed by atoms with Gasteiger partial charge in [-0.3, -0.25) is 0 Å². The number of likely N-dealkylation sites (N-methyl/N-ethyl adjacent to an activating group) is 1. The quantitative estimate of drug-likeness (QED) is 0.868. The van der Waals surface area contributed by atoms with Crippen molar-refractivity contribution in [2.75, 3.05) is 21.3 Å². The second-order valence-electron chi connectivity index (χ2n) is 4.29. The van der Waals surface area contributed by atoms with Gasteiger partial charge in [0.05, 0.1) is 26.7 Å². The van der Waals surface area contributed by atoms with E-state index in [2.05, 4.69) is 5.32 Å². The number of hydrogen-bond donors (Lipinski definition) is 1. The van der Waals surface area contributed by atoms with Crippen LogP contribution in [0.3, 0.4) is 0 Å². The zero-order valence-corrected chi connectivity index (χ0v) is 11.5. The van der Waals surface area contributed by atoms with E-state index in [-0.39, 0.29) is 6.04 Å². The van der Waals surface area contributed by atoms with Crippen LogP contribution in [0.15, 0.2) is 41.2 Å². The van der Waals surface area contributed by atoms with Gasteiger partial charge in [-0.1, -0.05) is 6.07 Å². The van der Waals surface area contributed by atoms with E-state index in [1.807, 2.05) is 31.3 Å². The average Bonchev–Trinajstić information content (AvgIpc) is 2.97. The zero-order valence-electron chi connectivity index (χ0n) is 11.5. The van der Waals surface area contributed by atoms with Gasteiger partial charge in [-0.25, -0.2) is 0 Å². The van der Waals surface area contributed by atoms with Crippen molar-refractivity contribution in [1.29, 1.82) is 0 Å². The average molecular weight is 261 g/mol. The van der Waals surface area contributed by atoms with Gasteiger partial charge in [-0.05, 0) is 42.8 Å². The van der Waals surface area contributed by atoms with Crippen LogP contribution in [0.1, 0.15) is 17.2 Å². The highest BCUT2D eigenvalue weighted by molar-refractivity contribution is 5.44. The summed E-state index contributed by atoms with van der Waals surface area (Å²) in [6.45, 7) is 0. The normalized spacial score (nSPS) is 12.2. The Morgan fingerprint density at radius 2 is 1.95 bits per heavy atom. The van der Waals surface area contributed by atoms with Crippen LogP contribution >= 0.6 is 0 Å². The molecule has 0 spiro atoms. The molecule has 2 aromatic rings. The summed E-state index contributed by atoms with van der Waals surface area (Å²) in [5.41, 5.74) is 2.32. The molecule has 1 unspecified atom stereocenters. The van der Waals surface area contributed by atoms with Gasteiger partial charge in [0.25, 0.3) is 0 Å². The lowest BCUT2D eigenvalue weighted by atomic mass is 10.00. The van der Waals surface area contributed by atoms with E-state index in [9.17, 15) is 0 Å². The third-order valence-corrected chi connectivity index (χ3v) is 3.18. The van der Waals surface area contributed by atoms with Gasteiger partial charge in [-0.15, -0.1) is 0 Å². The van der Waals surface area contributed by atoms with Gasteiger partial charge < -0.3 is 19.2 Å². The number of methoxy groups -OCH3 is 2. The van der Waals surface area contributed by atoms with Crippen molar-refractivity contribution in [3.05, 3.63) is 47.9 Å². The SMILES string of the molecule is CNC(Cc1ccoc1)c1ccc(OC)c(OC)c1. The van der Waals surface area contributed by atoms with E-state index in [1.54, 1.807) is 26.7 Å². The number of hydrogen-bond acceptors (Lipinski definition) is 4. The molecule has 102 valence electrons. The Bertz CT molecular complexity index is 508. The first-order chi connectivity index (χ1) is 9.28. The standard InChI is InChI=1S/C15H19NO3/c1-16-13(8-11-6-7-19-10-11)12-4-5-14(17-2)15(9-12)18-3/h4-7,9-10,13,16H,8H2,1-3H3. The van der Waals surface area contributed by atoms with Crippen molar-refractivity contribution in [3.63, 3.8) is 0 Å². The molecule has 1 N–H and O–H groups in total. The van der Waals surface area contributed by atoms with Crippen molar-refractivity contribution in [1.82, 2.24) is 5.32 Å². The highest BCUT2D eigenvalue weighted by Crippen LogP contribution is 2.30. The molecular formula is C15H19NO3. The first kappa shape index (κ1) is 13.5. The van der Waals surface area contributed by atoms with Crippen LogP contribution in [-0.2, 0) is 6.42 Å². The largest absolute Gasteiger partial charge is 0.493 e. The Morgan fingerprint density at radius 3 is 2.53 bits per heavy atom. The minimum absolute atomic E-state index is 0.206. The predicted octanol–water partition coefficient (Wildman–Crippen LogP) is 2.80. The van der Waals surface area contributed by atoms with E-state index < -0.39 is 0 Å². The zero-order chi connectivity index (χ0) is 13.7. The van der Waals surface area contributed by atoms with Crippen LogP contribution in [0, 0.1) is 0 Å². The lowest BCUT2D eigenvalue weighted by Crippen LogP contribution is -2.18. The molecule has 1 heterocycles. The van der Waals surface area contributed by atoms with Gasteiger partial charge in [-0.2, -0.15) is 0 Å². The molecule has 1 aromatic heterocycles. The lowest BCUT2D eigenvalue weighted by molar-refractivity contribution is 0.354. The maximum Gasteiger partial charge on any atom is 0.161 e. The molecule has 1 aromatic carbocycles. The molecule has 0 saturated heterocycles. The molecule has 0 aliphatic carbocycles. The van der Waals surface area contributed by atoms with Crippen molar-refractivity contribution in [2.24, 2.45) is 0 Å². The van der Waals surface area contributed by atoms with Crippen molar-refractivity contribution < 1.29 is 13.9 Å². The second kappa shape index (κ2) is 6.29. The maximum atomic E-state index is 5.34. The Morgan fingerprint density at radius 1 is 1.16 bits per heavy atom. The molecule has 0 aliphatic heterocycles. The van der Waals surface area contributed by atoms with E-state index in [1.165, 1.54) is 0 Å². The number of rotatable bonds is 6. The topological polar surface area (TPSA) is 43.6 Å². The van der Waals surface area contributed by atoms with E-state index in [0.717, 1.165) is 29.0 Å². The Kier molecular flexibility index (Phi) is 4.47. The van der Waals surface area contributed by atoms with E-state index in [0.29, 0.717) is 0 Å². The maximum absolute atomic E-state index is 5.34. The molecule has 0 radical (unpaired) electrons. The summed E-state index contributed by atoms with van der Waals surface area (Å²) in [6, 6.07) is 8.15. The fourth-order valence-corrected chi connectivity index (χ4v) is 2.10. The van der Waals surface area contributed by atoms with Gasteiger partial charge in [0, 0.05) is 6.04 Å². The molecule has 0 fully saturated rings. The smallest absolute Gasteiger partial charge is 0.161 e. The first-order valence-electron chi connectivity index (χ1n) is 6.18. The van der Waals surface area contributed by atoms with Crippen LogP contribution < -0.4 is 14.8 Å². The van der Waals surface area contributed by atoms with Crippen LogP contribution in [0.5, 0.6) is 11.5 Å². The Hall–Kier alpha value is -1.94. The van der Waals surface area contributed by atoms with Crippen LogP contribution in [0.2, 0.25) is 0 Å². The molecule has 4 heteroatoms. The van der Waals surface area contributed by atoms with Gasteiger partial charge >= 0.3 is 0 Å². The van der Waals surface area contributed by atoms with Crippen molar-refractivity contribution >= 4 is 0 Å². The highest BCUT2D eigenvalue weighted by atomic mass is 16.5. The molecular weight excluding hydrogens is 242 g/mol. The minimum Gasteiger partial charge on any atom is -0.493 e. The predicted molar refractivity (Wildman–Crippen MR) is 73.8 cm³/mol.